The molecule has 2 heterocycles. The van der Waals surface area contributed by atoms with Crippen LogP contribution in [-0.2, 0) is 30.3 Å². The second kappa shape index (κ2) is 17.7. The van der Waals surface area contributed by atoms with Crippen molar-refractivity contribution < 1.29 is 44.3 Å². The maximum atomic E-state index is 13.3. The summed E-state index contributed by atoms with van der Waals surface area (Å²) in [7, 11) is 0. The first-order valence-corrected chi connectivity index (χ1v) is 16.6. The molecule has 0 bridgehead atoms. The van der Waals surface area contributed by atoms with Gasteiger partial charge in [0.1, 0.15) is 6.04 Å². The molecular weight excluding hydrogens is 590 g/mol. The number of amides is 1. The number of ketones is 2. The van der Waals surface area contributed by atoms with Gasteiger partial charge >= 0.3 is 5.97 Å². The third kappa shape index (κ3) is 9.44. The summed E-state index contributed by atoms with van der Waals surface area (Å²) in [6, 6.07) is 9.19. The van der Waals surface area contributed by atoms with Crippen LogP contribution in [0.4, 0.5) is 0 Å². The van der Waals surface area contributed by atoms with Gasteiger partial charge in [0.25, 0.3) is 11.7 Å². The number of aliphatic hydroxyl groups excluding tert-OH is 2. The zero-order valence-electron chi connectivity index (χ0n) is 27.3. The quantitative estimate of drug-likeness (QED) is 0.119. The minimum Gasteiger partial charge on any atom is -0.480 e. The Balaban J connectivity index is 1.58. The first-order valence-electron chi connectivity index (χ1n) is 16.6. The number of hydrogen-bond acceptors (Lipinski definition) is 8. The number of likely N-dealkylation sites (tertiary alicyclic amines) is 1. The molecule has 8 atom stereocenters. The number of allylic oxidation sites excluding steroid dienone is 4. The van der Waals surface area contributed by atoms with Crippen LogP contribution in [0, 0.1) is 23.7 Å². The molecule has 0 saturated carbocycles. The van der Waals surface area contributed by atoms with Crippen molar-refractivity contribution in [2.45, 2.75) is 103 Å². The van der Waals surface area contributed by atoms with Gasteiger partial charge in [0.2, 0.25) is 5.79 Å². The number of benzene rings is 1. The van der Waals surface area contributed by atoms with Crippen LogP contribution >= 0.6 is 0 Å². The second-order valence-corrected chi connectivity index (χ2v) is 12.8. The third-order valence-corrected chi connectivity index (χ3v) is 9.67. The van der Waals surface area contributed by atoms with Crippen molar-refractivity contribution in [3.05, 3.63) is 60.2 Å². The Bertz CT molecular complexity index is 1230. The summed E-state index contributed by atoms with van der Waals surface area (Å²) in [6.07, 6.45) is 10.3. The second-order valence-electron chi connectivity index (χ2n) is 12.8. The average molecular weight is 642 g/mol. The van der Waals surface area contributed by atoms with Crippen molar-refractivity contribution in [2.75, 3.05) is 13.2 Å². The Morgan fingerprint density at radius 2 is 1.78 bits per heavy atom. The summed E-state index contributed by atoms with van der Waals surface area (Å²) < 4.78 is 5.80. The minimum absolute atomic E-state index is 0.0733. The van der Waals surface area contributed by atoms with Crippen molar-refractivity contribution >= 4 is 23.4 Å². The van der Waals surface area contributed by atoms with E-state index in [1.807, 2.05) is 24.3 Å². The van der Waals surface area contributed by atoms with E-state index in [-0.39, 0.29) is 31.6 Å². The van der Waals surface area contributed by atoms with Gasteiger partial charge in [-0.2, -0.15) is 0 Å². The fourth-order valence-electron chi connectivity index (χ4n) is 6.44. The number of carbonyl (C=O) groups excluding carboxylic acids is 3. The van der Waals surface area contributed by atoms with E-state index in [2.05, 4.69) is 25.1 Å². The van der Waals surface area contributed by atoms with Crippen LogP contribution in [-0.4, -0.2) is 86.0 Å². The maximum absolute atomic E-state index is 13.3. The van der Waals surface area contributed by atoms with E-state index in [4.69, 9.17) is 4.74 Å². The van der Waals surface area contributed by atoms with Gasteiger partial charge in [0, 0.05) is 24.3 Å². The first kappa shape index (κ1) is 37.3. The smallest absolute Gasteiger partial charge is 0.326 e. The molecule has 2 aliphatic heterocycles. The van der Waals surface area contributed by atoms with Crippen molar-refractivity contribution in [3.8, 4) is 0 Å². The van der Waals surface area contributed by atoms with Gasteiger partial charge < -0.3 is 30.1 Å². The first-order chi connectivity index (χ1) is 21.9. The topological polar surface area (TPSA) is 162 Å². The number of nitrogens with zero attached hydrogens (tertiary/aromatic N) is 1. The molecule has 1 aromatic carbocycles. The maximum Gasteiger partial charge on any atom is 0.326 e. The normalized spacial score (nSPS) is 26.5. The highest BCUT2D eigenvalue weighted by atomic mass is 16.6. The van der Waals surface area contributed by atoms with Crippen molar-refractivity contribution in [3.63, 3.8) is 0 Å². The number of aliphatic hydroxyl groups is 3. The SMILES string of the molecule is CC[C@H](C/C=C/C/C=C/C(=O)[C@@H](C)[C@H](O)[C@@H](CO)[C@@H]1CC[C@@H](C)[C@](O)(C(=O)C(=O)N2CCCC[C@H]2C(=O)O)O1)Cc1ccccc1. The molecule has 46 heavy (non-hydrogen) atoms. The van der Waals surface area contributed by atoms with E-state index >= 15 is 0 Å². The molecule has 2 fully saturated rings. The van der Waals surface area contributed by atoms with Gasteiger partial charge in [-0.05, 0) is 68.9 Å². The summed E-state index contributed by atoms with van der Waals surface area (Å²) in [5.74, 6) is -8.74. The predicted molar refractivity (Wildman–Crippen MR) is 172 cm³/mol. The van der Waals surface area contributed by atoms with Crippen LogP contribution in [0.3, 0.4) is 0 Å². The summed E-state index contributed by atoms with van der Waals surface area (Å²) in [5.41, 5.74) is 1.31. The van der Waals surface area contributed by atoms with Crippen LogP contribution in [0.25, 0.3) is 0 Å². The molecule has 0 unspecified atom stereocenters. The van der Waals surface area contributed by atoms with E-state index in [1.165, 1.54) is 11.6 Å². The largest absolute Gasteiger partial charge is 0.480 e. The Kier molecular flexibility index (Phi) is 14.3. The Morgan fingerprint density at radius 3 is 2.43 bits per heavy atom. The molecule has 0 aromatic heterocycles. The number of rotatable bonds is 16. The molecular formula is C36H51NO9. The number of ether oxygens (including phenoxy) is 1. The third-order valence-electron chi connectivity index (χ3n) is 9.67. The van der Waals surface area contributed by atoms with Crippen LogP contribution in [0.15, 0.2) is 54.6 Å². The molecule has 1 aromatic rings. The van der Waals surface area contributed by atoms with Crippen molar-refractivity contribution in [1.29, 1.82) is 0 Å². The molecule has 0 radical (unpaired) electrons. The van der Waals surface area contributed by atoms with E-state index in [0.717, 1.165) is 24.2 Å². The summed E-state index contributed by atoms with van der Waals surface area (Å²) in [4.78, 5) is 52.1. The molecule has 10 heteroatoms. The van der Waals surface area contributed by atoms with Gasteiger partial charge in [0.15, 0.2) is 5.78 Å². The van der Waals surface area contributed by atoms with E-state index in [0.29, 0.717) is 25.2 Å². The molecule has 4 N–H and O–H groups in total. The standard InChI is InChI=1S/C36H51NO9/c1-4-26(22-27-15-9-7-10-16-27)14-8-5-6-11-18-30(39)25(3)32(40)28(23-38)31-20-19-24(2)36(45,46-31)33(41)34(42)37-21-13-12-17-29(37)35(43)44/h5,7-11,15-16,18,24-26,28-29,31-32,38,40,45H,4,6,12-14,17,19-23H2,1-3H3,(H,43,44)/b8-5+,18-11+/t24-,25-,26-,28+,29+,31+,32+,36-/m1/s1. The summed E-state index contributed by atoms with van der Waals surface area (Å²) in [6.45, 7) is 4.75. The van der Waals surface area contributed by atoms with Gasteiger partial charge in [-0.25, -0.2) is 4.79 Å². The highest BCUT2D eigenvalue weighted by Gasteiger charge is 2.54. The minimum atomic E-state index is -2.56. The molecule has 0 aliphatic carbocycles. The van der Waals surface area contributed by atoms with Crippen LogP contribution in [0.2, 0.25) is 0 Å². The van der Waals surface area contributed by atoms with Gasteiger partial charge in [-0.1, -0.05) is 75.8 Å². The summed E-state index contributed by atoms with van der Waals surface area (Å²) >= 11 is 0. The van der Waals surface area contributed by atoms with Gasteiger partial charge in [-0.15, -0.1) is 0 Å². The zero-order chi connectivity index (χ0) is 33.9. The Hall–Kier alpha value is -3.18. The fourth-order valence-corrected chi connectivity index (χ4v) is 6.44. The average Bonchev–Trinajstić information content (AvgIpc) is 3.06. The zero-order valence-corrected chi connectivity index (χ0v) is 27.3. The van der Waals surface area contributed by atoms with Crippen LogP contribution in [0.5, 0.6) is 0 Å². The number of Topliss-reactive ketones (excluding diaryl/α,β-unsaturated/α-hetero) is 1. The lowest BCUT2D eigenvalue weighted by atomic mass is 9.79. The number of carboxylic acid groups (broad SMARTS) is 1. The number of piperidine rings is 1. The highest BCUT2D eigenvalue weighted by Crippen LogP contribution is 2.38. The molecule has 254 valence electrons. The lowest BCUT2D eigenvalue weighted by molar-refractivity contribution is -0.277. The number of carboxylic acids is 1. The van der Waals surface area contributed by atoms with Crippen LogP contribution in [0.1, 0.15) is 77.7 Å². The van der Waals surface area contributed by atoms with Crippen molar-refractivity contribution in [2.24, 2.45) is 23.7 Å². The molecule has 3 rings (SSSR count). The monoisotopic (exact) mass is 641 g/mol. The lowest BCUT2D eigenvalue weighted by Gasteiger charge is -2.44. The molecule has 10 nitrogen and oxygen atoms in total. The van der Waals surface area contributed by atoms with Crippen LogP contribution < -0.4 is 0 Å². The van der Waals surface area contributed by atoms with Gasteiger partial charge in [0.05, 0.1) is 18.8 Å². The van der Waals surface area contributed by atoms with Crippen molar-refractivity contribution in [1.82, 2.24) is 4.90 Å². The van der Waals surface area contributed by atoms with E-state index in [9.17, 15) is 39.6 Å². The summed E-state index contributed by atoms with van der Waals surface area (Å²) in [5, 5.41) is 42.2. The highest BCUT2D eigenvalue weighted by molar-refractivity contribution is 6.39. The van der Waals surface area contributed by atoms with Gasteiger partial charge in [-0.3, -0.25) is 14.4 Å². The number of carbonyl (C=O) groups is 4. The number of hydrogen-bond donors (Lipinski definition) is 4. The molecule has 1 amide bonds. The number of aliphatic carboxylic acids is 1. The predicted octanol–water partition coefficient (Wildman–Crippen LogP) is 3.86. The Morgan fingerprint density at radius 1 is 1.07 bits per heavy atom. The molecule has 2 aliphatic rings. The molecule has 2 saturated heterocycles. The Labute approximate surface area is 272 Å². The fraction of sp³-hybridized carbons (Fsp3) is 0.611. The van der Waals surface area contributed by atoms with E-state index in [1.54, 1.807) is 19.9 Å². The van der Waals surface area contributed by atoms with E-state index < -0.39 is 66.1 Å². The lowest BCUT2D eigenvalue weighted by Crippen LogP contribution is -2.61. The molecule has 0 spiro atoms.